The molecule has 0 saturated carbocycles. The van der Waals surface area contributed by atoms with Gasteiger partial charge in [0.2, 0.25) is 5.82 Å². The van der Waals surface area contributed by atoms with Crippen molar-refractivity contribution in [2.75, 3.05) is 31.7 Å². The van der Waals surface area contributed by atoms with Crippen LogP contribution in [0, 0.1) is 0 Å². The van der Waals surface area contributed by atoms with Crippen LogP contribution in [0.1, 0.15) is 33.1 Å². The van der Waals surface area contributed by atoms with Crippen LogP contribution in [0.4, 0.5) is 5.69 Å². The van der Waals surface area contributed by atoms with Crippen LogP contribution in [-0.4, -0.2) is 48.0 Å². The first kappa shape index (κ1) is 18.2. The second-order valence-electron chi connectivity index (χ2n) is 6.68. The van der Waals surface area contributed by atoms with Gasteiger partial charge < -0.3 is 15.0 Å². The quantitative estimate of drug-likeness (QED) is 0.668. The summed E-state index contributed by atoms with van der Waals surface area (Å²) < 4.78 is 6.67. The summed E-state index contributed by atoms with van der Waals surface area (Å²) >= 11 is 0. The molecule has 0 radical (unpaired) electrons. The highest BCUT2D eigenvalue weighted by Crippen LogP contribution is 2.29. The van der Waals surface area contributed by atoms with Crippen molar-refractivity contribution in [1.82, 2.24) is 14.7 Å². The molecule has 4 rings (SSSR count). The standard InChI is InChI=1S/C21H22N4O3/c1-28-14-6-11-22-20(26)19-23-18(17-9-4-5-12-24(17)19)21(27)25-13-10-15-7-2-3-8-16(15)25/h2-5,7-9,12H,6,10-11,13-14H2,1H3,(H,22,26). The minimum absolute atomic E-state index is 0.188. The third kappa shape index (κ3) is 3.25. The molecule has 0 bridgehead atoms. The molecule has 0 saturated heterocycles. The fraction of sp³-hybridized carbons (Fsp3) is 0.286. The van der Waals surface area contributed by atoms with Gasteiger partial charge in [-0.2, -0.15) is 0 Å². The van der Waals surface area contributed by atoms with Crippen molar-refractivity contribution in [1.29, 1.82) is 0 Å². The molecule has 1 aliphatic heterocycles. The van der Waals surface area contributed by atoms with Gasteiger partial charge in [0.25, 0.3) is 11.8 Å². The maximum absolute atomic E-state index is 13.3. The number of rotatable bonds is 6. The van der Waals surface area contributed by atoms with Crippen LogP contribution in [-0.2, 0) is 11.2 Å². The molecule has 3 heterocycles. The van der Waals surface area contributed by atoms with Crippen molar-refractivity contribution >= 4 is 23.0 Å². The number of fused-ring (bicyclic) bond motifs is 2. The number of anilines is 1. The number of nitrogens with zero attached hydrogens (tertiary/aromatic N) is 3. The number of ether oxygens (including phenoxy) is 1. The first-order valence-corrected chi connectivity index (χ1v) is 9.34. The topological polar surface area (TPSA) is 75.9 Å². The second-order valence-corrected chi connectivity index (χ2v) is 6.68. The molecule has 0 aliphatic carbocycles. The normalized spacial score (nSPS) is 13.0. The SMILES string of the molecule is COCCCNC(=O)c1nc(C(=O)N2CCc3ccccc32)c2ccccn12. The highest BCUT2D eigenvalue weighted by molar-refractivity contribution is 6.11. The number of para-hydroxylation sites is 1. The molecule has 2 aromatic heterocycles. The predicted molar refractivity (Wildman–Crippen MR) is 106 cm³/mol. The van der Waals surface area contributed by atoms with E-state index in [-0.39, 0.29) is 17.6 Å². The molecule has 7 nitrogen and oxygen atoms in total. The van der Waals surface area contributed by atoms with Gasteiger partial charge in [-0.15, -0.1) is 0 Å². The summed E-state index contributed by atoms with van der Waals surface area (Å²) in [4.78, 5) is 32.1. The van der Waals surface area contributed by atoms with E-state index in [1.54, 1.807) is 22.6 Å². The van der Waals surface area contributed by atoms with Gasteiger partial charge >= 0.3 is 0 Å². The minimum atomic E-state index is -0.307. The van der Waals surface area contributed by atoms with E-state index in [9.17, 15) is 9.59 Å². The van der Waals surface area contributed by atoms with Crippen molar-refractivity contribution in [3.8, 4) is 0 Å². The smallest absolute Gasteiger partial charge is 0.287 e. The van der Waals surface area contributed by atoms with Gasteiger partial charge in [-0.1, -0.05) is 24.3 Å². The minimum Gasteiger partial charge on any atom is -0.385 e. The number of carbonyl (C=O) groups is 2. The third-order valence-electron chi connectivity index (χ3n) is 4.90. The van der Waals surface area contributed by atoms with Crippen LogP contribution in [0.2, 0.25) is 0 Å². The van der Waals surface area contributed by atoms with Gasteiger partial charge in [-0.05, 0) is 36.6 Å². The number of nitrogens with one attached hydrogen (secondary N) is 1. The van der Waals surface area contributed by atoms with Crippen molar-refractivity contribution in [2.45, 2.75) is 12.8 Å². The van der Waals surface area contributed by atoms with Gasteiger partial charge in [0.05, 0.1) is 5.52 Å². The lowest BCUT2D eigenvalue weighted by molar-refractivity contribution is 0.0937. The van der Waals surface area contributed by atoms with Crippen LogP contribution in [0.15, 0.2) is 48.7 Å². The average molecular weight is 378 g/mol. The van der Waals surface area contributed by atoms with E-state index in [4.69, 9.17) is 4.74 Å². The molecule has 28 heavy (non-hydrogen) atoms. The van der Waals surface area contributed by atoms with Crippen LogP contribution in [0.5, 0.6) is 0 Å². The van der Waals surface area contributed by atoms with Gasteiger partial charge in [0.15, 0.2) is 5.69 Å². The number of hydrogen-bond donors (Lipinski definition) is 1. The number of imidazole rings is 1. The number of carbonyl (C=O) groups excluding carboxylic acids is 2. The Balaban J connectivity index is 1.65. The lowest BCUT2D eigenvalue weighted by Crippen LogP contribution is -2.30. The number of aromatic nitrogens is 2. The molecule has 1 aromatic carbocycles. The summed E-state index contributed by atoms with van der Waals surface area (Å²) in [6, 6.07) is 13.3. The Morgan fingerprint density at radius 3 is 2.86 bits per heavy atom. The lowest BCUT2D eigenvalue weighted by Gasteiger charge is -2.16. The first-order chi connectivity index (χ1) is 13.7. The van der Waals surface area contributed by atoms with Crippen LogP contribution in [0.25, 0.3) is 5.52 Å². The van der Waals surface area contributed by atoms with Crippen LogP contribution >= 0.6 is 0 Å². The Kier molecular flexibility index (Phi) is 5.08. The number of pyridine rings is 1. The summed E-state index contributed by atoms with van der Waals surface area (Å²) in [7, 11) is 1.62. The summed E-state index contributed by atoms with van der Waals surface area (Å²) in [5, 5.41) is 2.84. The highest BCUT2D eigenvalue weighted by atomic mass is 16.5. The van der Waals surface area contributed by atoms with Crippen molar-refractivity contribution in [3.05, 3.63) is 65.7 Å². The van der Waals surface area contributed by atoms with Gasteiger partial charge in [0, 0.05) is 38.7 Å². The molecule has 0 fully saturated rings. The predicted octanol–water partition coefficient (Wildman–Crippen LogP) is 2.30. The molecule has 7 heteroatoms. The lowest BCUT2D eigenvalue weighted by atomic mass is 10.2. The fourth-order valence-corrected chi connectivity index (χ4v) is 3.53. The number of benzene rings is 1. The fourth-order valence-electron chi connectivity index (χ4n) is 3.53. The summed E-state index contributed by atoms with van der Waals surface area (Å²) in [5.74, 6) is -0.283. The highest BCUT2D eigenvalue weighted by Gasteiger charge is 2.29. The Bertz CT molecular complexity index is 1030. The van der Waals surface area contributed by atoms with Gasteiger partial charge in [-0.25, -0.2) is 4.98 Å². The zero-order valence-corrected chi connectivity index (χ0v) is 15.7. The Morgan fingerprint density at radius 1 is 1.18 bits per heavy atom. The van der Waals surface area contributed by atoms with Crippen molar-refractivity contribution in [2.24, 2.45) is 0 Å². The van der Waals surface area contributed by atoms with Gasteiger partial charge in [-0.3, -0.25) is 14.0 Å². The zero-order valence-electron chi connectivity index (χ0n) is 15.7. The molecule has 0 atom stereocenters. The van der Waals surface area contributed by atoms with E-state index in [0.29, 0.717) is 37.3 Å². The average Bonchev–Trinajstić information content (AvgIpc) is 3.33. The molecule has 3 aromatic rings. The Hall–Kier alpha value is -3.19. The summed E-state index contributed by atoms with van der Waals surface area (Å²) in [6.45, 7) is 1.67. The summed E-state index contributed by atoms with van der Waals surface area (Å²) in [6.07, 6.45) is 3.28. The van der Waals surface area contributed by atoms with Crippen LogP contribution in [0.3, 0.4) is 0 Å². The molecular formula is C21H22N4O3. The van der Waals surface area contributed by atoms with E-state index < -0.39 is 0 Å². The molecule has 144 valence electrons. The largest absolute Gasteiger partial charge is 0.385 e. The molecule has 0 spiro atoms. The third-order valence-corrected chi connectivity index (χ3v) is 4.90. The Morgan fingerprint density at radius 2 is 2.00 bits per heavy atom. The monoisotopic (exact) mass is 378 g/mol. The number of amides is 2. The molecule has 1 N–H and O–H groups in total. The second kappa shape index (κ2) is 7.82. The number of methoxy groups -OCH3 is 1. The van der Waals surface area contributed by atoms with E-state index in [1.807, 2.05) is 42.5 Å². The zero-order chi connectivity index (χ0) is 19.5. The summed E-state index contributed by atoms with van der Waals surface area (Å²) in [5.41, 5.74) is 2.98. The van der Waals surface area contributed by atoms with Gasteiger partial charge in [0.1, 0.15) is 0 Å². The maximum Gasteiger partial charge on any atom is 0.287 e. The molecule has 2 amide bonds. The van der Waals surface area contributed by atoms with E-state index in [2.05, 4.69) is 10.3 Å². The van der Waals surface area contributed by atoms with E-state index in [1.165, 1.54) is 0 Å². The van der Waals surface area contributed by atoms with E-state index in [0.717, 1.165) is 17.7 Å². The van der Waals surface area contributed by atoms with Crippen LogP contribution < -0.4 is 10.2 Å². The molecular weight excluding hydrogens is 356 g/mol. The maximum atomic E-state index is 13.3. The first-order valence-electron chi connectivity index (χ1n) is 9.34. The number of hydrogen-bond acceptors (Lipinski definition) is 4. The molecule has 0 unspecified atom stereocenters. The Labute approximate surface area is 162 Å². The van der Waals surface area contributed by atoms with Crippen molar-refractivity contribution < 1.29 is 14.3 Å². The molecule has 1 aliphatic rings. The van der Waals surface area contributed by atoms with E-state index >= 15 is 0 Å². The van der Waals surface area contributed by atoms with Crippen molar-refractivity contribution in [3.63, 3.8) is 0 Å².